The number of hydrogen-bond donors (Lipinski definition) is 1. The van der Waals surface area contributed by atoms with Gasteiger partial charge in [-0.1, -0.05) is 95.8 Å². The van der Waals surface area contributed by atoms with Gasteiger partial charge in [0, 0.05) is 10.8 Å². The Morgan fingerprint density at radius 3 is 1.91 bits per heavy atom. The van der Waals surface area contributed by atoms with Crippen LogP contribution in [0.1, 0.15) is 107 Å². The van der Waals surface area contributed by atoms with Crippen molar-refractivity contribution in [2.24, 2.45) is 0 Å². The van der Waals surface area contributed by atoms with Gasteiger partial charge >= 0.3 is 5.97 Å². The van der Waals surface area contributed by atoms with Gasteiger partial charge in [0.2, 0.25) is 0 Å². The van der Waals surface area contributed by atoms with Gasteiger partial charge in [-0.3, -0.25) is 0 Å². The summed E-state index contributed by atoms with van der Waals surface area (Å²) < 4.78 is 12.1. The Bertz CT molecular complexity index is 828. The van der Waals surface area contributed by atoms with Crippen LogP contribution >= 0.6 is 0 Å². The number of carbonyl (C=O) groups is 1. The molecule has 4 heteroatoms. The van der Waals surface area contributed by atoms with Crippen molar-refractivity contribution < 1.29 is 19.4 Å². The number of carboxylic acid groups (broad SMARTS) is 1. The van der Waals surface area contributed by atoms with Crippen molar-refractivity contribution in [2.45, 2.75) is 97.8 Å². The molecule has 0 saturated carbocycles. The summed E-state index contributed by atoms with van der Waals surface area (Å²) in [6.45, 7) is 7.61. The molecule has 2 rings (SSSR count). The zero-order valence-electron chi connectivity index (χ0n) is 20.4. The van der Waals surface area contributed by atoms with Crippen LogP contribution in [0.2, 0.25) is 0 Å². The van der Waals surface area contributed by atoms with Crippen LogP contribution in [0.3, 0.4) is 0 Å². The molecule has 4 nitrogen and oxygen atoms in total. The smallest absolute Gasteiger partial charge is 0.339 e. The number of fused-ring (bicyclic) bond motifs is 1. The maximum absolute atomic E-state index is 12.0. The third-order valence-corrected chi connectivity index (χ3v) is 5.94. The quantitative estimate of drug-likeness (QED) is 0.250. The molecule has 0 atom stereocenters. The molecule has 1 N–H and O–H groups in total. The number of benzene rings is 2. The highest BCUT2D eigenvalue weighted by atomic mass is 16.5. The topological polar surface area (TPSA) is 55.8 Å². The van der Waals surface area contributed by atoms with E-state index in [9.17, 15) is 9.90 Å². The predicted octanol–water partition coefficient (Wildman–Crippen LogP) is 8.33. The van der Waals surface area contributed by atoms with Gasteiger partial charge in [-0.05, 0) is 31.9 Å². The molecule has 0 spiro atoms. The number of aryl methyl sites for hydroxylation is 1. The second kappa shape index (κ2) is 14.8. The van der Waals surface area contributed by atoms with E-state index in [4.69, 9.17) is 9.47 Å². The minimum absolute atomic E-state index is 0.185. The molecular formula is C28H42O4. The zero-order chi connectivity index (χ0) is 23.2. The summed E-state index contributed by atoms with van der Waals surface area (Å²) in [5.74, 6) is 0.129. The van der Waals surface area contributed by atoms with Gasteiger partial charge in [0.1, 0.15) is 17.1 Å². The van der Waals surface area contributed by atoms with Gasteiger partial charge in [-0.15, -0.1) is 0 Å². The third-order valence-electron chi connectivity index (χ3n) is 5.94. The molecule has 0 amide bonds. The maximum Gasteiger partial charge on any atom is 0.339 e. The van der Waals surface area contributed by atoms with Crippen LogP contribution in [-0.4, -0.2) is 24.3 Å². The number of carboxylic acids is 1. The lowest BCUT2D eigenvalue weighted by Gasteiger charge is -2.17. The van der Waals surface area contributed by atoms with E-state index in [0.717, 1.165) is 42.0 Å². The fourth-order valence-electron chi connectivity index (χ4n) is 4.03. The monoisotopic (exact) mass is 442 g/mol. The summed E-state index contributed by atoms with van der Waals surface area (Å²) in [6.07, 6.45) is 14.2. The van der Waals surface area contributed by atoms with Gasteiger partial charge in [-0.2, -0.15) is 0 Å². The average molecular weight is 443 g/mol. The lowest BCUT2D eigenvalue weighted by molar-refractivity contribution is 0.0692. The summed E-state index contributed by atoms with van der Waals surface area (Å²) in [5.41, 5.74) is 1.30. The van der Waals surface area contributed by atoms with E-state index in [1.807, 2.05) is 19.1 Å². The van der Waals surface area contributed by atoms with E-state index < -0.39 is 5.97 Å². The lowest BCUT2D eigenvalue weighted by Crippen LogP contribution is -2.07. The van der Waals surface area contributed by atoms with E-state index in [1.54, 1.807) is 6.07 Å². The Labute approximate surface area is 194 Å². The van der Waals surface area contributed by atoms with Gasteiger partial charge < -0.3 is 14.6 Å². The number of rotatable bonds is 17. The van der Waals surface area contributed by atoms with Crippen LogP contribution in [0.4, 0.5) is 0 Å². The van der Waals surface area contributed by atoms with Gasteiger partial charge in [-0.25, -0.2) is 4.79 Å². The van der Waals surface area contributed by atoms with E-state index in [2.05, 4.69) is 19.9 Å². The van der Waals surface area contributed by atoms with E-state index >= 15 is 0 Å². The lowest BCUT2D eigenvalue weighted by atomic mass is 10.0. The second-order valence-electron chi connectivity index (χ2n) is 8.84. The molecule has 0 bridgehead atoms. The number of unbranched alkanes of at least 4 members (excludes halogenated alkanes) is 10. The van der Waals surface area contributed by atoms with Crippen molar-refractivity contribution in [1.29, 1.82) is 0 Å². The van der Waals surface area contributed by atoms with Crippen molar-refractivity contribution in [3.63, 3.8) is 0 Å². The fourth-order valence-corrected chi connectivity index (χ4v) is 4.03. The second-order valence-corrected chi connectivity index (χ2v) is 8.84. The Morgan fingerprint density at radius 1 is 0.750 bits per heavy atom. The Kier molecular flexibility index (Phi) is 12.0. The first-order valence-electron chi connectivity index (χ1n) is 12.6. The molecule has 32 heavy (non-hydrogen) atoms. The van der Waals surface area contributed by atoms with E-state index in [-0.39, 0.29) is 5.56 Å². The Morgan fingerprint density at radius 2 is 1.31 bits per heavy atom. The van der Waals surface area contributed by atoms with Crippen LogP contribution in [0.5, 0.6) is 11.5 Å². The van der Waals surface area contributed by atoms with Crippen LogP contribution in [0.15, 0.2) is 24.3 Å². The predicted molar refractivity (Wildman–Crippen MR) is 133 cm³/mol. The number of ether oxygens (including phenoxy) is 2. The molecule has 0 unspecified atom stereocenters. The Balaban J connectivity index is 2.10. The van der Waals surface area contributed by atoms with Crippen LogP contribution in [0, 0.1) is 6.92 Å². The molecule has 0 saturated heterocycles. The number of aromatic carboxylic acids is 1. The van der Waals surface area contributed by atoms with Crippen LogP contribution in [-0.2, 0) is 0 Å². The summed E-state index contributed by atoms with van der Waals surface area (Å²) in [7, 11) is 0. The minimum atomic E-state index is -0.977. The highest BCUT2D eigenvalue weighted by Crippen LogP contribution is 2.38. The van der Waals surface area contributed by atoms with Crippen molar-refractivity contribution in [3.8, 4) is 11.5 Å². The molecule has 2 aromatic rings. The average Bonchev–Trinajstić information content (AvgIpc) is 2.78. The summed E-state index contributed by atoms with van der Waals surface area (Å²) >= 11 is 0. The molecule has 0 aromatic heterocycles. The van der Waals surface area contributed by atoms with Gasteiger partial charge in [0.05, 0.1) is 13.2 Å². The maximum atomic E-state index is 12.0. The van der Waals surface area contributed by atoms with Crippen molar-refractivity contribution >= 4 is 16.7 Å². The highest BCUT2D eigenvalue weighted by molar-refractivity contribution is 6.03. The minimum Gasteiger partial charge on any atom is -0.493 e. The van der Waals surface area contributed by atoms with E-state index in [1.165, 1.54) is 51.4 Å². The molecule has 178 valence electrons. The summed E-state index contributed by atoms with van der Waals surface area (Å²) in [4.78, 5) is 12.0. The van der Waals surface area contributed by atoms with Crippen LogP contribution < -0.4 is 9.47 Å². The molecule has 2 aromatic carbocycles. The number of hydrogen-bond acceptors (Lipinski definition) is 3. The Hall–Kier alpha value is -2.23. The molecule has 0 aliphatic carbocycles. The zero-order valence-corrected chi connectivity index (χ0v) is 20.4. The van der Waals surface area contributed by atoms with Gasteiger partial charge in [0.25, 0.3) is 0 Å². The first-order chi connectivity index (χ1) is 15.6. The highest BCUT2D eigenvalue weighted by Gasteiger charge is 2.19. The first-order valence-corrected chi connectivity index (χ1v) is 12.6. The molecule has 0 aliphatic heterocycles. The van der Waals surface area contributed by atoms with Crippen molar-refractivity contribution in [3.05, 3.63) is 35.4 Å². The van der Waals surface area contributed by atoms with Crippen LogP contribution in [0.25, 0.3) is 10.8 Å². The standard InChI is InChI=1S/C28H42O4/c1-4-6-8-10-12-14-18-31-26-21-25(28(29)30)27(23-17-16-22(3)20-24(23)26)32-19-15-13-11-9-7-5-2/h16-17,20-21H,4-15,18-19H2,1-3H3,(H,29,30). The summed E-state index contributed by atoms with van der Waals surface area (Å²) in [5, 5.41) is 11.6. The van der Waals surface area contributed by atoms with Gasteiger partial charge in [0.15, 0.2) is 0 Å². The third kappa shape index (κ3) is 8.37. The normalized spacial score (nSPS) is 11.1. The van der Waals surface area contributed by atoms with E-state index in [0.29, 0.717) is 24.7 Å². The van der Waals surface area contributed by atoms with Crippen molar-refractivity contribution in [2.75, 3.05) is 13.2 Å². The molecule has 0 radical (unpaired) electrons. The largest absolute Gasteiger partial charge is 0.493 e. The molecule has 0 fully saturated rings. The summed E-state index contributed by atoms with van der Waals surface area (Å²) in [6, 6.07) is 7.68. The SMILES string of the molecule is CCCCCCCCOc1cc(C(=O)O)c(OCCCCCCCC)c2ccc(C)cc12. The molecule has 0 aliphatic rings. The first kappa shape index (κ1) is 26.0. The van der Waals surface area contributed by atoms with Crippen molar-refractivity contribution in [1.82, 2.24) is 0 Å². The molecule has 0 heterocycles. The fraction of sp³-hybridized carbons (Fsp3) is 0.607. The molecular weight excluding hydrogens is 400 g/mol.